The van der Waals surface area contributed by atoms with E-state index >= 15 is 0 Å². The van der Waals surface area contributed by atoms with E-state index < -0.39 is 5.97 Å². The van der Waals surface area contributed by atoms with E-state index in [4.69, 9.17) is 4.74 Å². The van der Waals surface area contributed by atoms with Gasteiger partial charge in [0.1, 0.15) is 5.75 Å². The Labute approximate surface area is 152 Å². The van der Waals surface area contributed by atoms with Crippen LogP contribution in [0.3, 0.4) is 0 Å². The van der Waals surface area contributed by atoms with Gasteiger partial charge in [-0.15, -0.1) is 11.3 Å². The third kappa shape index (κ3) is 3.20. The number of benzene rings is 2. The number of esters is 1. The van der Waals surface area contributed by atoms with Crippen molar-refractivity contribution in [3.63, 3.8) is 0 Å². The van der Waals surface area contributed by atoms with Crippen LogP contribution < -0.4 is 10.1 Å². The van der Waals surface area contributed by atoms with E-state index in [1.807, 2.05) is 17.5 Å². The predicted octanol–water partition coefficient (Wildman–Crippen LogP) is 4.10. The summed E-state index contributed by atoms with van der Waals surface area (Å²) < 4.78 is 5.41. The van der Waals surface area contributed by atoms with Crippen molar-refractivity contribution in [3.05, 3.63) is 76.6 Å². The second kappa shape index (κ2) is 6.81. The number of H-pyrrole nitrogens is 1. The number of aromatic nitrogens is 2. The fourth-order valence-corrected chi connectivity index (χ4v) is 3.13. The highest BCUT2D eigenvalue weighted by molar-refractivity contribution is 7.12. The number of carbonyl (C=O) groups excluding carboxylic acids is 2. The summed E-state index contributed by atoms with van der Waals surface area (Å²) in [5.41, 5.74) is 1.67. The van der Waals surface area contributed by atoms with E-state index in [9.17, 15) is 9.59 Å². The van der Waals surface area contributed by atoms with Crippen LogP contribution in [0.5, 0.6) is 5.75 Å². The summed E-state index contributed by atoms with van der Waals surface area (Å²) in [6, 6.07) is 15.5. The van der Waals surface area contributed by atoms with E-state index in [0.717, 1.165) is 5.39 Å². The van der Waals surface area contributed by atoms with Crippen LogP contribution in [0.2, 0.25) is 0 Å². The number of fused-ring (bicyclic) bond motifs is 1. The summed E-state index contributed by atoms with van der Waals surface area (Å²) in [6.07, 6.45) is 1.65. The van der Waals surface area contributed by atoms with Gasteiger partial charge in [0, 0.05) is 11.1 Å². The van der Waals surface area contributed by atoms with Gasteiger partial charge < -0.3 is 10.1 Å². The molecule has 0 unspecified atom stereocenters. The molecule has 128 valence electrons. The number of carbonyl (C=O) groups is 2. The highest BCUT2D eigenvalue weighted by Gasteiger charge is 2.14. The Morgan fingerprint density at radius 2 is 1.88 bits per heavy atom. The largest absolute Gasteiger partial charge is 0.423 e. The highest BCUT2D eigenvalue weighted by Crippen LogP contribution is 2.21. The molecule has 0 spiro atoms. The van der Waals surface area contributed by atoms with Gasteiger partial charge in [-0.3, -0.25) is 9.89 Å². The Balaban J connectivity index is 1.46. The van der Waals surface area contributed by atoms with Crippen molar-refractivity contribution in [1.82, 2.24) is 10.2 Å². The average Bonchev–Trinajstić information content (AvgIpc) is 3.34. The van der Waals surface area contributed by atoms with Gasteiger partial charge in [-0.1, -0.05) is 18.2 Å². The molecule has 7 heteroatoms. The lowest BCUT2D eigenvalue weighted by Gasteiger charge is -2.07. The van der Waals surface area contributed by atoms with Crippen LogP contribution in [0.1, 0.15) is 20.0 Å². The SMILES string of the molecule is O=C(Nc1ccc(OC(=O)c2cccc3cn[nH]c23)cc1)c1cccs1. The summed E-state index contributed by atoms with van der Waals surface area (Å²) in [5.74, 6) is -0.258. The second-order valence-electron chi connectivity index (χ2n) is 5.49. The second-order valence-corrected chi connectivity index (χ2v) is 6.43. The lowest BCUT2D eigenvalue weighted by Crippen LogP contribution is -2.11. The molecule has 2 aromatic carbocycles. The number of amides is 1. The van der Waals surface area contributed by atoms with Gasteiger partial charge in [0.15, 0.2) is 0 Å². The van der Waals surface area contributed by atoms with Crippen molar-refractivity contribution in [2.24, 2.45) is 0 Å². The maximum Gasteiger partial charge on any atom is 0.345 e. The van der Waals surface area contributed by atoms with Gasteiger partial charge >= 0.3 is 5.97 Å². The highest BCUT2D eigenvalue weighted by atomic mass is 32.1. The zero-order valence-electron chi connectivity index (χ0n) is 13.4. The maximum atomic E-state index is 12.4. The number of hydrogen-bond acceptors (Lipinski definition) is 5. The van der Waals surface area contributed by atoms with Gasteiger partial charge in [-0.25, -0.2) is 4.79 Å². The molecule has 2 N–H and O–H groups in total. The minimum Gasteiger partial charge on any atom is -0.423 e. The molecule has 4 rings (SSSR count). The normalized spacial score (nSPS) is 10.6. The lowest BCUT2D eigenvalue weighted by atomic mass is 10.1. The molecule has 6 nitrogen and oxygen atoms in total. The van der Waals surface area contributed by atoms with Crippen LogP contribution in [-0.2, 0) is 0 Å². The molecular weight excluding hydrogens is 350 g/mol. The number of hydrogen-bond donors (Lipinski definition) is 2. The quantitative estimate of drug-likeness (QED) is 0.422. The lowest BCUT2D eigenvalue weighted by molar-refractivity contribution is 0.0736. The Kier molecular flexibility index (Phi) is 4.20. The van der Waals surface area contributed by atoms with Crippen molar-refractivity contribution in [2.45, 2.75) is 0 Å². The number of para-hydroxylation sites is 1. The summed E-state index contributed by atoms with van der Waals surface area (Å²) in [4.78, 5) is 25.1. The van der Waals surface area contributed by atoms with E-state index in [-0.39, 0.29) is 5.91 Å². The molecule has 0 saturated carbocycles. The molecule has 4 aromatic rings. The number of aromatic amines is 1. The molecule has 2 aromatic heterocycles. The van der Waals surface area contributed by atoms with Crippen LogP contribution in [0.25, 0.3) is 10.9 Å². The summed E-state index contributed by atoms with van der Waals surface area (Å²) in [7, 11) is 0. The molecule has 0 atom stereocenters. The first kappa shape index (κ1) is 16.0. The fraction of sp³-hybridized carbons (Fsp3) is 0. The topological polar surface area (TPSA) is 84.1 Å². The van der Waals surface area contributed by atoms with E-state index in [1.165, 1.54) is 11.3 Å². The standard InChI is InChI=1S/C19H13N3O3S/c23-18(16-5-2-10-26-16)21-13-6-8-14(9-7-13)25-19(24)15-4-1-3-12-11-20-22-17(12)15/h1-11H,(H,20,22)(H,21,23). The molecule has 0 bridgehead atoms. The zero-order chi connectivity index (χ0) is 17.9. The minimum absolute atomic E-state index is 0.171. The van der Waals surface area contributed by atoms with E-state index in [2.05, 4.69) is 15.5 Å². The monoisotopic (exact) mass is 363 g/mol. The molecular formula is C19H13N3O3S. The fourth-order valence-electron chi connectivity index (χ4n) is 2.51. The first-order valence-corrected chi connectivity index (χ1v) is 8.68. The molecule has 0 fully saturated rings. The molecule has 0 aliphatic rings. The Morgan fingerprint density at radius 1 is 1.04 bits per heavy atom. The summed E-state index contributed by atoms with van der Waals surface area (Å²) in [5, 5.41) is 12.2. The molecule has 0 saturated heterocycles. The minimum atomic E-state index is -0.477. The summed E-state index contributed by atoms with van der Waals surface area (Å²) >= 11 is 1.37. The van der Waals surface area contributed by atoms with Crippen LogP contribution in [0.4, 0.5) is 5.69 Å². The number of nitrogens with one attached hydrogen (secondary N) is 2. The summed E-state index contributed by atoms with van der Waals surface area (Å²) in [6.45, 7) is 0. The molecule has 1 amide bonds. The van der Waals surface area contributed by atoms with Crippen LogP contribution in [0.15, 0.2) is 66.2 Å². The first-order chi connectivity index (χ1) is 12.7. The number of anilines is 1. The van der Waals surface area contributed by atoms with Gasteiger partial charge in [0.05, 0.1) is 22.2 Å². The molecule has 2 heterocycles. The maximum absolute atomic E-state index is 12.4. The van der Waals surface area contributed by atoms with Gasteiger partial charge in [0.2, 0.25) is 0 Å². The van der Waals surface area contributed by atoms with Crippen molar-refractivity contribution in [3.8, 4) is 5.75 Å². The number of nitrogens with zero attached hydrogens (tertiary/aromatic N) is 1. The van der Waals surface area contributed by atoms with Gasteiger partial charge in [0.25, 0.3) is 5.91 Å². The third-order valence-electron chi connectivity index (χ3n) is 3.76. The van der Waals surface area contributed by atoms with Crippen molar-refractivity contribution < 1.29 is 14.3 Å². The Hall–Kier alpha value is -3.45. The smallest absolute Gasteiger partial charge is 0.345 e. The average molecular weight is 363 g/mol. The third-order valence-corrected chi connectivity index (χ3v) is 4.63. The van der Waals surface area contributed by atoms with Crippen molar-refractivity contribution in [1.29, 1.82) is 0 Å². The zero-order valence-corrected chi connectivity index (χ0v) is 14.2. The van der Waals surface area contributed by atoms with E-state index in [1.54, 1.807) is 48.7 Å². The molecule has 0 radical (unpaired) electrons. The van der Waals surface area contributed by atoms with Crippen molar-refractivity contribution >= 4 is 39.8 Å². The number of ether oxygens (including phenoxy) is 1. The van der Waals surface area contributed by atoms with Gasteiger partial charge in [-0.05, 0) is 41.8 Å². The van der Waals surface area contributed by atoms with Crippen LogP contribution in [0, 0.1) is 0 Å². The van der Waals surface area contributed by atoms with Gasteiger partial charge in [-0.2, -0.15) is 5.10 Å². The number of thiophene rings is 1. The molecule has 0 aliphatic carbocycles. The Bertz CT molecular complexity index is 1070. The van der Waals surface area contributed by atoms with Crippen LogP contribution in [-0.4, -0.2) is 22.1 Å². The van der Waals surface area contributed by atoms with Crippen molar-refractivity contribution in [2.75, 3.05) is 5.32 Å². The molecule has 26 heavy (non-hydrogen) atoms. The van der Waals surface area contributed by atoms with Crippen LogP contribution >= 0.6 is 11.3 Å². The molecule has 0 aliphatic heterocycles. The number of rotatable bonds is 4. The predicted molar refractivity (Wildman–Crippen MR) is 99.8 cm³/mol. The Morgan fingerprint density at radius 3 is 2.65 bits per heavy atom. The first-order valence-electron chi connectivity index (χ1n) is 7.80. The van der Waals surface area contributed by atoms with E-state index in [0.29, 0.717) is 27.4 Å².